The number of hydrogen-bond donors (Lipinski definition) is 1. The zero-order valence-electron chi connectivity index (χ0n) is 11.9. The van der Waals surface area contributed by atoms with E-state index in [1.54, 1.807) is 12.1 Å². The predicted octanol–water partition coefficient (Wildman–Crippen LogP) is 4.24. The van der Waals surface area contributed by atoms with Gasteiger partial charge in [0, 0.05) is 28.0 Å². The molecule has 0 aromatic heterocycles. The highest BCUT2D eigenvalue weighted by Gasteiger charge is 2.30. The largest absolute Gasteiger partial charge is 0.313 e. The predicted molar refractivity (Wildman–Crippen MR) is 90.7 cm³/mol. The molecule has 0 amide bonds. The van der Waals surface area contributed by atoms with Gasteiger partial charge in [0.1, 0.15) is 5.82 Å². The number of likely N-dealkylation sites (N-methyl/N-ethyl adjacent to an activating group) is 1. The summed E-state index contributed by atoms with van der Waals surface area (Å²) in [5, 5.41) is 4.99. The van der Waals surface area contributed by atoms with Crippen molar-refractivity contribution in [3.8, 4) is 0 Å². The molecule has 0 aliphatic carbocycles. The van der Waals surface area contributed by atoms with E-state index < -0.39 is 0 Å². The maximum Gasteiger partial charge on any atom is 0.142 e. The highest BCUT2D eigenvalue weighted by molar-refractivity contribution is 8.07. The Balaban J connectivity index is 2.09. The second-order valence-electron chi connectivity index (χ2n) is 5.03. The second-order valence-corrected chi connectivity index (χ2v) is 8.21. The summed E-state index contributed by atoms with van der Waals surface area (Å²) in [6, 6.07) is 5.54. The normalized spacial score (nSPS) is 24.6. The van der Waals surface area contributed by atoms with Gasteiger partial charge in [-0.25, -0.2) is 4.39 Å². The fraction of sp³-hybridized carbons (Fsp3) is 0.600. The van der Waals surface area contributed by atoms with Crippen LogP contribution in [0.25, 0.3) is 0 Å². The average molecular weight is 334 g/mol. The first-order valence-corrected chi connectivity index (χ1v) is 9.50. The zero-order chi connectivity index (χ0) is 14.5. The molecule has 20 heavy (non-hydrogen) atoms. The van der Waals surface area contributed by atoms with Gasteiger partial charge in [-0.2, -0.15) is 23.5 Å². The molecule has 0 spiro atoms. The summed E-state index contributed by atoms with van der Waals surface area (Å²) in [7, 11) is 0. The summed E-state index contributed by atoms with van der Waals surface area (Å²) in [4.78, 5) is 0. The number of halogens is 2. The smallest absolute Gasteiger partial charge is 0.142 e. The molecule has 1 aliphatic rings. The second kappa shape index (κ2) is 7.92. The molecule has 5 heteroatoms. The summed E-state index contributed by atoms with van der Waals surface area (Å²) in [6.45, 7) is 5.37. The average Bonchev–Trinajstić information content (AvgIpc) is 2.43. The molecular weight excluding hydrogens is 313 g/mol. The standard InChI is InChI=1S/C15H21ClFNS2/c1-3-18-14(15-10(2)19-6-7-20-15)9-11-4-5-12(16)13(17)8-11/h4-5,8,10,14-15,18H,3,6-7,9H2,1-2H3. The van der Waals surface area contributed by atoms with E-state index in [2.05, 4.69) is 19.2 Å². The first-order valence-electron chi connectivity index (χ1n) is 7.02. The van der Waals surface area contributed by atoms with E-state index in [-0.39, 0.29) is 10.8 Å². The van der Waals surface area contributed by atoms with Gasteiger partial charge in [0.15, 0.2) is 0 Å². The number of benzene rings is 1. The van der Waals surface area contributed by atoms with Crippen LogP contribution in [-0.4, -0.2) is 34.6 Å². The Kier molecular flexibility index (Phi) is 6.53. The summed E-state index contributed by atoms with van der Waals surface area (Å²) in [6.07, 6.45) is 0.852. The van der Waals surface area contributed by atoms with Gasteiger partial charge in [0.05, 0.1) is 5.02 Å². The van der Waals surface area contributed by atoms with Crippen molar-refractivity contribution in [3.63, 3.8) is 0 Å². The number of hydrogen-bond acceptors (Lipinski definition) is 3. The molecule has 1 fully saturated rings. The monoisotopic (exact) mass is 333 g/mol. The molecule has 1 N–H and O–H groups in total. The summed E-state index contributed by atoms with van der Waals surface area (Å²) in [5.74, 6) is 2.12. The van der Waals surface area contributed by atoms with Crippen molar-refractivity contribution in [3.05, 3.63) is 34.6 Å². The van der Waals surface area contributed by atoms with E-state index in [0.717, 1.165) is 18.5 Å². The van der Waals surface area contributed by atoms with Gasteiger partial charge in [0.2, 0.25) is 0 Å². The maximum atomic E-state index is 13.6. The van der Waals surface area contributed by atoms with Crippen LogP contribution in [0, 0.1) is 5.82 Å². The Bertz CT molecular complexity index is 444. The molecule has 1 aromatic rings. The van der Waals surface area contributed by atoms with Crippen molar-refractivity contribution in [2.45, 2.75) is 36.8 Å². The highest BCUT2D eigenvalue weighted by atomic mass is 35.5. The van der Waals surface area contributed by atoms with Gasteiger partial charge >= 0.3 is 0 Å². The number of thioether (sulfide) groups is 2. The van der Waals surface area contributed by atoms with E-state index >= 15 is 0 Å². The fourth-order valence-corrected chi connectivity index (χ4v) is 5.66. The van der Waals surface area contributed by atoms with Crippen molar-refractivity contribution in [2.75, 3.05) is 18.1 Å². The lowest BCUT2D eigenvalue weighted by molar-refractivity contribution is 0.499. The van der Waals surface area contributed by atoms with Crippen LogP contribution in [0.4, 0.5) is 4.39 Å². The molecule has 0 saturated carbocycles. The molecular formula is C15H21ClFNS2. The van der Waals surface area contributed by atoms with E-state index in [1.165, 1.54) is 11.5 Å². The van der Waals surface area contributed by atoms with Crippen LogP contribution >= 0.6 is 35.1 Å². The van der Waals surface area contributed by atoms with Crippen LogP contribution in [0.3, 0.4) is 0 Å². The minimum atomic E-state index is -0.321. The SMILES string of the molecule is CCNC(Cc1ccc(Cl)c(F)c1)C1SCCSC1C. The van der Waals surface area contributed by atoms with Crippen LogP contribution in [-0.2, 0) is 6.42 Å². The van der Waals surface area contributed by atoms with Gasteiger partial charge in [-0.05, 0) is 30.7 Å². The Morgan fingerprint density at radius 1 is 1.40 bits per heavy atom. The van der Waals surface area contributed by atoms with Crippen molar-refractivity contribution >= 4 is 35.1 Å². The van der Waals surface area contributed by atoms with Crippen LogP contribution in [0.1, 0.15) is 19.4 Å². The van der Waals surface area contributed by atoms with E-state index in [1.807, 2.05) is 29.6 Å². The van der Waals surface area contributed by atoms with Crippen LogP contribution < -0.4 is 5.32 Å². The molecule has 1 aromatic carbocycles. The first-order chi connectivity index (χ1) is 9.61. The maximum absolute atomic E-state index is 13.6. The molecule has 3 unspecified atom stereocenters. The Morgan fingerprint density at radius 3 is 2.80 bits per heavy atom. The van der Waals surface area contributed by atoms with Gasteiger partial charge in [-0.1, -0.05) is 31.5 Å². The third kappa shape index (κ3) is 4.30. The molecule has 2 rings (SSSR count). The van der Waals surface area contributed by atoms with Crippen LogP contribution in [0.5, 0.6) is 0 Å². The van der Waals surface area contributed by atoms with Gasteiger partial charge in [0.25, 0.3) is 0 Å². The molecule has 0 bridgehead atoms. The molecule has 0 radical (unpaired) electrons. The summed E-state index contributed by atoms with van der Waals surface area (Å²) < 4.78 is 13.6. The van der Waals surface area contributed by atoms with Crippen molar-refractivity contribution < 1.29 is 4.39 Å². The minimum Gasteiger partial charge on any atom is -0.313 e. The zero-order valence-corrected chi connectivity index (χ0v) is 14.3. The van der Waals surface area contributed by atoms with Crippen molar-refractivity contribution in [1.29, 1.82) is 0 Å². The Morgan fingerprint density at radius 2 is 2.15 bits per heavy atom. The van der Waals surface area contributed by atoms with Crippen molar-refractivity contribution in [1.82, 2.24) is 5.32 Å². The number of rotatable bonds is 5. The lowest BCUT2D eigenvalue weighted by atomic mass is 10.0. The highest BCUT2D eigenvalue weighted by Crippen LogP contribution is 2.34. The fourth-order valence-electron chi connectivity index (χ4n) is 2.58. The van der Waals surface area contributed by atoms with Gasteiger partial charge < -0.3 is 5.32 Å². The first kappa shape index (κ1) is 16.5. The third-order valence-corrected chi connectivity index (χ3v) is 7.10. The lowest BCUT2D eigenvalue weighted by Gasteiger charge is -2.35. The summed E-state index contributed by atoms with van der Waals surface area (Å²) in [5.41, 5.74) is 1.02. The van der Waals surface area contributed by atoms with E-state index in [0.29, 0.717) is 16.5 Å². The summed E-state index contributed by atoms with van der Waals surface area (Å²) >= 11 is 9.84. The Labute approximate surface area is 134 Å². The lowest BCUT2D eigenvalue weighted by Crippen LogP contribution is -2.45. The molecule has 1 saturated heterocycles. The van der Waals surface area contributed by atoms with Gasteiger partial charge in [-0.15, -0.1) is 0 Å². The molecule has 1 heterocycles. The van der Waals surface area contributed by atoms with Crippen LogP contribution in [0.15, 0.2) is 18.2 Å². The van der Waals surface area contributed by atoms with Crippen molar-refractivity contribution in [2.24, 2.45) is 0 Å². The quantitative estimate of drug-likeness (QED) is 0.865. The minimum absolute atomic E-state index is 0.199. The molecule has 1 aliphatic heterocycles. The van der Waals surface area contributed by atoms with E-state index in [4.69, 9.17) is 11.6 Å². The number of nitrogens with one attached hydrogen (secondary N) is 1. The van der Waals surface area contributed by atoms with Gasteiger partial charge in [-0.3, -0.25) is 0 Å². The Hall–Kier alpha value is 0.1000. The topological polar surface area (TPSA) is 12.0 Å². The molecule has 1 nitrogen and oxygen atoms in total. The third-order valence-electron chi connectivity index (χ3n) is 3.54. The molecule has 112 valence electrons. The molecule has 3 atom stereocenters. The van der Waals surface area contributed by atoms with Crippen LogP contribution in [0.2, 0.25) is 5.02 Å². The van der Waals surface area contributed by atoms with E-state index in [9.17, 15) is 4.39 Å².